The largest absolute Gasteiger partial charge is 0.474 e. The zero-order chi connectivity index (χ0) is 32.0. The van der Waals surface area contributed by atoms with Crippen LogP contribution in [0.1, 0.15) is 49.3 Å². The summed E-state index contributed by atoms with van der Waals surface area (Å²) in [6, 6.07) is 22.6. The number of nitrogens with one attached hydrogen (secondary N) is 1. The normalized spacial score (nSPS) is 11.2. The summed E-state index contributed by atoms with van der Waals surface area (Å²) in [6.45, 7) is 6.31. The maximum absolute atomic E-state index is 13.1. The number of nitrogens with zero attached hydrogens (tertiary/aromatic N) is 1. The van der Waals surface area contributed by atoms with Crippen molar-refractivity contribution in [1.29, 1.82) is 0 Å². The van der Waals surface area contributed by atoms with E-state index in [2.05, 4.69) is 38.2 Å². The zero-order valence-corrected chi connectivity index (χ0v) is 24.7. The minimum Gasteiger partial charge on any atom is -0.474 e. The monoisotopic (exact) mass is 602 g/mol. The second kappa shape index (κ2) is 13.6. The number of alkyl halides is 3. The molecular weight excluding hydrogens is 569 g/mol. The van der Waals surface area contributed by atoms with Gasteiger partial charge in [-0.3, -0.25) is 9.59 Å². The van der Waals surface area contributed by atoms with E-state index in [9.17, 15) is 32.7 Å². The lowest BCUT2D eigenvalue weighted by molar-refractivity contribution is -0.156. The molecule has 0 heterocycles. The molecule has 0 aliphatic carbocycles. The first-order chi connectivity index (χ1) is 20.8. The Hall–Kier alpha value is -4.92. The zero-order valence-electron chi connectivity index (χ0n) is 24.7. The lowest BCUT2D eigenvalue weighted by Crippen LogP contribution is -2.35. The number of rotatable bonds is 9. The van der Waals surface area contributed by atoms with Gasteiger partial charge in [-0.15, -0.1) is 0 Å². The fraction of sp³-hybridized carbons (Fsp3) is 0.229. The van der Waals surface area contributed by atoms with Gasteiger partial charge in [0.15, 0.2) is 0 Å². The summed E-state index contributed by atoms with van der Waals surface area (Å²) in [5.41, 5.74) is 6.70. The molecular formula is C35H33F3N2O4. The molecule has 0 spiro atoms. The molecule has 44 heavy (non-hydrogen) atoms. The van der Waals surface area contributed by atoms with Crippen LogP contribution in [-0.4, -0.2) is 34.3 Å². The first kappa shape index (κ1) is 32.0. The van der Waals surface area contributed by atoms with E-state index >= 15 is 0 Å². The van der Waals surface area contributed by atoms with E-state index in [1.54, 1.807) is 42.5 Å². The van der Waals surface area contributed by atoms with Crippen LogP contribution in [-0.2, 0) is 35.3 Å². The van der Waals surface area contributed by atoms with Gasteiger partial charge in [-0.05, 0) is 90.4 Å². The summed E-state index contributed by atoms with van der Waals surface area (Å²) >= 11 is 0. The molecule has 0 aliphatic rings. The number of carbonyl (C=O) groups excluding carboxylic acids is 2. The third kappa shape index (κ3) is 7.92. The number of carboxylic acids is 1. The Kier molecular flexibility index (Phi) is 9.88. The Morgan fingerprint density at radius 2 is 1.48 bits per heavy atom. The number of carbonyl (C=O) groups is 3. The minimum atomic E-state index is -4.52. The first-order valence-electron chi connectivity index (χ1n) is 14.0. The molecule has 0 bridgehead atoms. The van der Waals surface area contributed by atoms with E-state index in [4.69, 9.17) is 0 Å². The molecule has 4 aromatic rings. The van der Waals surface area contributed by atoms with Crippen molar-refractivity contribution in [3.05, 3.63) is 129 Å². The summed E-state index contributed by atoms with van der Waals surface area (Å²) in [7, 11) is 0. The summed E-state index contributed by atoms with van der Waals surface area (Å²) in [5, 5.41) is 12.4. The Morgan fingerprint density at radius 3 is 2.11 bits per heavy atom. The van der Waals surface area contributed by atoms with E-state index in [0.717, 1.165) is 17.0 Å². The molecule has 0 fully saturated rings. The molecule has 0 radical (unpaired) electrons. The molecule has 0 aromatic heterocycles. The van der Waals surface area contributed by atoms with Gasteiger partial charge in [-0.1, -0.05) is 66.2 Å². The van der Waals surface area contributed by atoms with Gasteiger partial charge in [0.1, 0.15) is 0 Å². The average Bonchev–Trinajstić information content (AvgIpc) is 2.97. The van der Waals surface area contributed by atoms with Crippen molar-refractivity contribution < 1.29 is 32.7 Å². The second-order valence-electron chi connectivity index (χ2n) is 10.8. The highest BCUT2D eigenvalue weighted by Crippen LogP contribution is 2.30. The summed E-state index contributed by atoms with van der Waals surface area (Å²) in [6.07, 6.45) is -3.82. The molecule has 9 heteroatoms. The molecule has 0 saturated heterocycles. The van der Waals surface area contributed by atoms with Crippen LogP contribution in [0.4, 0.5) is 13.2 Å². The van der Waals surface area contributed by atoms with Crippen molar-refractivity contribution in [2.45, 2.75) is 46.5 Å². The van der Waals surface area contributed by atoms with Crippen LogP contribution >= 0.6 is 0 Å². The highest BCUT2D eigenvalue weighted by Gasteiger charge is 2.30. The van der Waals surface area contributed by atoms with Crippen molar-refractivity contribution in [2.24, 2.45) is 0 Å². The molecule has 4 rings (SSSR count). The fourth-order valence-electron chi connectivity index (χ4n) is 5.34. The molecule has 0 aliphatic heterocycles. The minimum absolute atomic E-state index is 0.117. The van der Waals surface area contributed by atoms with Crippen LogP contribution in [0.3, 0.4) is 0 Å². The van der Waals surface area contributed by atoms with Crippen molar-refractivity contribution >= 4 is 17.8 Å². The number of aryl methyl sites for hydroxylation is 3. The maximum Gasteiger partial charge on any atom is 0.416 e. The van der Waals surface area contributed by atoms with Crippen LogP contribution in [0.5, 0.6) is 0 Å². The smallest absolute Gasteiger partial charge is 0.416 e. The molecule has 4 aromatic carbocycles. The summed E-state index contributed by atoms with van der Waals surface area (Å²) in [5.74, 6) is -3.10. The molecule has 6 nitrogen and oxygen atoms in total. The number of halogens is 3. The molecule has 228 valence electrons. The molecule has 2 amide bonds. The third-order valence-electron chi connectivity index (χ3n) is 7.44. The van der Waals surface area contributed by atoms with E-state index in [0.29, 0.717) is 40.8 Å². The fourth-order valence-corrected chi connectivity index (χ4v) is 5.34. The molecule has 0 atom stereocenters. The van der Waals surface area contributed by atoms with Gasteiger partial charge in [0.25, 0.3) is 5.91 Å². The lowest BCUT2D eigenvalue weighted by Gasteiger charge is -2.23. The predicted molar refractivity (Wildman–Crippen MR) is 162 cm³/mol. The standard InChI is InChI=1S/C35H33F3N2O4/c1-22-17-23(2)30(24(3)18-22)15-16-39-32(41)27-9-6-8-26(19-27)31-10-5-4-7-28(31)21-40(33(42)34(43)44)20-25-11-13-29(14-12-25)35(36,37)38/h4-14,17-19H,15-16,20-21H2,1-3H3,(H,39,41)(H,43,44). The van der Waals surface area contributed by atoms with E-state index in [1.165, 1.54) is 34.4 Å². The summed E-state index contributed by atoms with van der Waals surface area (Å²) < 4.78 is 39.0. The molecule has 0 saturated carbocycles. The number of aliphatic carboxylic acids is 1. The van der Waals surface area contributed by atoms with Gasteiger partial charge in [0.05, 0.1) is 5.56 Å². The van der Waals surface area contributed by atoms with Gasteiger partial charge in [-0.25, -0.2) is 4.79 Å². The first-order valence-corrected chi connectivity index (χ1v) is 14.0. The Labute approximate surface area is 254 Å². The van der Waals surface area contributed by atoms with Crippen LogP contribution in [0.15, 0.2) is 84.9 Å². The Morgan fingerprint density at radius 1 is 0.818 bits per heavy atom. The van der Waals surface area contributed by atoms with Crippen LogP contribution < -0.4 is 5.32 Å². The van der Waals surface area contributed by atoms with Gasteiger partial charge in [0.2, 0.25) is 0 Å². The van der Waals surface area contributed by atoms with Gasteiger partial charge in [-0.2, -0.15) is 13.2 Å². The van der Waals surface area contributed by atoms with E-state index in [-0.39, 0.29) is 19.0 Å². The van der Waals surface area contributed by atoms with Crippen molar-refractivity contribution in [2.75, 3.05) is 6.54 Å². The maximum atomic E-state index is 13.1. The van der Waals surface area contributed by atoms with Crippen molar-refractivity contribution in [3.63, 3.8) is 0 Å². The average molecular weight is 603 g/mol. The molecule has 0 unspecified atom stereocenters. The molecule has 2 N–H and O–H groups in total. The predicted octanol–water partition coefficient (Wildman–Crippen LogP) is 6.88. The number of amides is 2. The van der Waals surface area contributed by atoms with E-state index < -0.39 is 23.6 Å². The number of benzene rings is 4. The van der Waals surface area contributed by atoms with E-state index in [1.807, 2.05) is 6.07 Å². The SMILES string of the molecule is Cc1cc(C)c(CCNC(=O)c2cccc(-c3ccccc3CN(Cc3ccc(C(F)(F)F)cc3)C(=O)C(=O)O)c2)c(C)c1. The summed E-state index contributed by atoms with van der Waals surface area (Å²) in [4.78, 5) is 38.4. The van der Waals surface area contributed by atoms with Crippen LogP contribution in [0, 0.1) is 20.8 Å². The number of carboxylic acid groups (broad SMARTS) is 1. The Bertz CT molecular complexity index is 1660. The highest BCUT2D eigenvalue weighted by molar-refractivity contribution is 6.31. The quantitative estimate of drug-likeness (QED) is 0.205. The van der Waals surface area contributed by atoms with Crippen molar-refractivity contribution in [3.8, 4) is 11.1 Å². The Balaban J connectivity index is 1.52. The van der Waals surface area contributed by atoms with Crippen molar-refractivity contribution in [1.82, 2.24) is 10.2 Å². The van der Waals surface area contributed by atoms with Gasteiger partial charge >= 0.3 is 18.1 Å². The number of hydrogen-bond donors (Lipinski definition) is 2. The van der Waals surface area contributed by atoms with Gasteiger partial charge in [0, 0.05) is 25.2 Å². The van der Waals surface area contributed by atoms with Gasteiger partial charge < -0.3 is 15.3 Å². The van der Waals surface area contributed by atoms with Crippen LogP contribution in [0.25, 0.3) is 11.1 Å². The highest BCUT2D eigenvalue weighted by atomic mass is 19.4. The topological polar surface area (TPSA) is 86.7 Å². The van der Waals surface area contributed by atoms with Crippen LogP contribution in [0.2, 0.25) is 0 Å². The second-order valence-corrected chi connectivity index (χ2v) is 10.8. The third-order valence-corrected chi connectivity index (χ3v) is 7.44. The lowest BCUT2D eigenvalue weighted by atomic mass is 9.97. The number of hydrogen-bond acceptors (Lipinski definition) is 3.